The van der Waals surface area contributed by atoms with Gasteiger partial charge in [0.25, 0.3) is 0 Å². The van der Waals surface area contributed by atoms with Crippen LogP contribution in [0.25, 0.3) is 0 Å². The second-order valence-corrected chi connectivity index (χ2v) is 4.01. The first kappa shape index (κ1) is 10.6. The molecule has 2 unspecified atom stereocenters. The van der Waals surface area contributed by atoms with Crippen LogP contribution in [-0.4, -0.2) is 22.3 Å². The Bertz CT molecular complexity index is 424. The van der Waals surface area contributed by atoms with E-state index in [9.17, 15) is 4.79 Å². The highest BCUT2D eigenvalue weighted by molar-refractivity contribution is 5.79. The van der Waals surface area contributed by atoms with Gasteiger partial charge in [-0.3, -0.25) is 9.78 Å². The smallest absolute Gasteiger partial charge is 0.224 e. The molecule has 0 saturated carbocycles. The topological polar surface area (TPSA) is 57.0 Å². The largest absolute Gasteiger partial charge is 0.333 e. The zero-order valence-corrected chi connectivity index (χ0v) is 9.13. The molecule has 0 radical (unpaired) electrons. The molecule has 1 fully saturated rings. The van der Waals surface area contributed by atoms with Crippen LogP contribution in [0.3, 0.4) is 0 Å². The molecule has 0 aromatic carbocycles. The van der Waals surface area contributed by atoms with Gasteiger partial charge in [0.05, 0.1) is 23.7 Å². The van der Waals surface area contributed by atoms with Crippen LogP contribution in [0.5, 0.6) is 0 Å². The summed E-state index contributed by atoms with van der Waals surface area (Å²) in [7, 11) is 0. The predicted molar refractivity (Wildman–Crippen MR) is 58.1 cm³/mol. The Balaban J connectivity index is 2.15. The van der Waals surface area contributed by atoms with Gasteiger partial charge in [-0.25, -0.2) is 0 Å². The minimum absolute atomic E-state index is 0.0460. The van der Waals surface area contributed by atoms with E-state index in [1.54, 1.807) is 11.1 Å². The molecule has 1 aliphatic heterocycles. The van der Waals surface area contributed by atoms with Gasteiger partial charge in [0.2, 0.25) is 5.91 Å². The van der Waals surface area contributed by atoms with Crippen molar-refractivity contribution in [1.82, 2.24) is 9.88 Å². The number of aromatic nitrogens is 1. The molecule has 4 nitrogen and oxygen atoms in total. The third kappa shape index (κ3) is 1.89. The highest BCUT2D eigenvalue weighted by atomic mass is 16.2. The predicted octanol–water partition coefficient (Wildman–Crippen LogP) is 1.51. The van der Waals surface area contributed by atoms with E-state index in [-0.39, 0.29) is 17.9 Å². The molecule has 82 valence electrons. The van der Waals surface area contributed by atoms with Gasteiger partial charge in [-0.05, 0) is 19.1 Å². The number of hydrogen-bond donors (Lipinski definition) is 0. The van der Waals surface area contributed by atoms with E-state index in [0.29, 0.717) is 13.0 Å². The molecule has 0 aliphatic carbocycles. The number of carbonyl (C=O) groups excluding carboxylic acids is 1. The molecule has 0 spiro atoms. The maximum absolute atomic E-state index is 11.7. The molecule has 2 atom stereocenters. The highest BCUT2D eigenvalue weighted by Crippen LogP contribution is 2.26. The van der Waals surface area contributed by atoms with E-state index in [2.05, 4.69) is 11.1 Å². The molecule has 2 heterocycles. The van der Waals surface area contributed by atoms with Crippen molar-refractivity contribution in [2.45, 2.75) is 19.4 Å². The Morgan fingerprint density at radius 1 is 1.62 bits per heavy atom. The summed E-state index contributed by atoms with van der Waals surface area (Å²) in [5.41, 5.74) is 0.870. The molecule has 0 bridgehead atoms. The SMILES string of the molecule is CC(c1ccccn1)N1CC(C#N)CC1=O. The number of hydrogen-bond acceptors (Lipinski definition) is 3. The zero-order chi connectivity index (χ0) is 11.5. The fourth-order valence-corrected chi connectivity index (χ4v) is 1.98. The number of nitrogens with zero attached hydrogens (tertiary/aromatic N) is 3. The van der Waals surface area contributed by atoms with Gasteiger partial charge in [0.1, 0.15) is 0 Å². The molecule has 4 heteroatoms. The molecule has 1 aliphatic rings. The molecule has 16 heavy (non-hydrogen) atoms. The van der Waals surface area contributed by atoms with Crippen LogP contribution in [0.2, 0.25) is 0 Å². The summed E-state index contributed by atoms with van der Waals surface area (Å²) in [4.78, 5) is 17.7. The van der Waals surface area contributed by atoms with Crippen molar-refractivity contribution in [2.24, 2.45) is 5.92 Å². The van der Waals surface area contributed by atoms with Gasteiger partial charge >= 0.3 is 0 Å². The van der Waals surface area contributed by atoms with E-state index < -0.39 is 0 Å². The molecule has 0 N–H and O–H groups in total. The number of likely N-dealkylation sites (tertiary alicyclic amines) is 1. The van der Waals surface area contributed by atoms with Gasteiger partial charge in [-0.2, -0.15) is 5.26 Å². The lowest BCUT2D eigenvalue weighted by Crippen LogP contribution is -2.28. The average Bonchev–Trinajstić information content (AvgIpc) is 2.71. The van der Waals surface area contributed by atoms with Gasteiger partial charge in [0.15, 0.2) is 0 Å². The van der Waals surface area contributed by atoms with E-state index in [0.717, 1.165) is 5.69 Å². The summed E-state index contributed by atoms with van der Waals surface area (Å²) in [6.07, 6.45) is 2.06. The van der Waals surface area contributed by atoms with Crippen molar-refractivity contribution in [3.05, 3.63) is 30.1 Å². The molecule has 2 rings (SSSR count). The molecule has 1 aromatic heterocycles. The lowest BCUT2D eigenvalue weighted by Gasteiger charge is -2.23. The van der Waals surface area contributed by atoms with Gasteiger partial charge < -0.3 is 4.90 Å². The standard InChI is InChI=1S/C12H13N3O/c1-9(11-4-2-3-5-14-11)15-8-10(7-13)6-12(15)16/h2-5,9-10H,6,8H2,1H3. The number of rotatable bonds is 2. The second kappa shape index (κ2) is 4.31. The normalized spacial score (nSPS) is 21.9. The molecular weight excluding hydrogens is 202 g/mol. The zero-order valence-electron chi connectivity index (χ0n) is 9.13. The lowest BCUT2D eigenvalue weighted by atomic mass is 10.1. The molecule has 1 saturated heterocycles. The van der Waals surface area contributed by atoms with Crippen molar-refractivity contribution in [2.75, 3.05) is 6.54 Å². The molecular formula is C12H13N3O. The summed E-state index contributed by atoms with van der Waals surface area (Å²) in [6.45, 7) is 2.47. The first-order valence-corrected chi connectivity index (χ1v) is 5.32. The summed E-state index contributed by atoms with van der Waals surface area (Å²) < 4.78 is 0. The fourth-order valence-electron chi connectivity index (χ4n) is 1.98. The number of carbonyl (C=O) groups is 1. The second-order valence-electron chi connectivity index (χ2n) is 4.01. The Morgan fingerprint density at radius 3 is 3.00 bits per heavy atom. The van der Waals surface area contributed by atoms with E-state index >= 15 is 0 Å². The summed E-state index contributed by atoms with van der Waals surface area (Å²) in [6, 6.07) is 7.75. The first-order valence-electron chi connectivity index (χ1n) is 5.32. The van der Waals surface area contributed by atoms with Crippen molar-refractivity contribution >= 4 is 5.91 Å². The van der Waals surface area contributed by atoms with Crippen molar-refractivity contribution in [1.29, 1.82) is 5.26 Å². The third-order valence-corrected chi connectivity index (χ3v) is 2.92. The molecule has 1 aromatic rings. The molecule has 1 amide bonds. The van der Waals surface area contributed by atoms with Crippen LogP contribution >= 0.6 is 0 Å². The summed E-state index contributed by atoms with van der Waals surface area (Å²) >= 11 is 0. The maximum atomic E-state index is 11.7. The number of pyridine rings is 1. The van der Waals surface area contributed by atoms with Crippen molar-refractivity contribution in [3.63, 3.8) is 0 Å². The highest BCUT2D eigenvalue weighted by Gasteiger charge is 2.33. The Kier molecular flexibility index (Phi) is 2.86. The maximum Gasteiger partial charge on any atom is 0.224 e. The summed E-state index contributed by atoms with van der Waals surface area (Å²) in [5, 5.41) is 8.81. The van der Waals surface area contributed by atoms with E-state index in [1.165, 1.54) is 0 Å². The first-order chi connectivity index (χ1) is 7.72. The average molecular weight is 215 g/mol. The number of nitriles is 1. The van der Waals surface area contributed by atoms with Crippen LogP contribution < -0.4 is 0 Å². The lowest BCUT2D eigenvalue weighted by molar-refractivity contribution is -0.129. The minimum atomic E-state index is -0.168. The Morgan fingerprint density at radius 2 is 2.44 bits per heavy atom. The van der Waals surface area contributed by atoms with Gasteiger partial charge in [-0.15, -0.1) is 0 Å². The third-order valence-electron chi connectivity index (χ3n) is 2.92. The quantitative estimate of drug-likeness (QED) is 0.751. The Labute approximate surface area is 94.5 Å². The number of amides is 1. The monoisotopic (exact) mass is 215 g/mol. The minimum Gasteiger partial charge on any atom is -0.333 e. The summed E-state index contributed by atoms with van der Waals surface area (Å²) in [5.74, 6) is -0.122. The van der Waals surface area contributed by atoms with Gasteiger partial charge in [0, 0.05) is 19.2 Å². The van der Waals surface area contributed by atoms with Crippen LogP contribution in [0.1, 0.15) is 25.1 Å². The van der Waals surface area contributed by atoms with Crippen molar-refractivity contribution < 1.29 is 4.79 Å². The van der Waals surface area contributed by atoms with E-state index in [1.807, 2.05) is 25.1 Å². The fraction of sp³-hybridized carbons (Fsp3) is 0.417. The van der Waals surface area contributed by atoms with Gasteiger partial charge in [-0.1, -0.05) is 6.07 Å². The Hall–Kier alpha value is -1.89. The van der Waals surface area contributed by atoms with Crippen LogP contribution in [0.15, 0.2) is 24.4 Å². The van der Waals surface area contributed by atoms with Crippen LogP contribution in [0.4, 0.5) is 0 Å². The van der Waals surface area contributed by atoms with Crippen LogP contribution in [-0.2, 0) is 4.79 Å². The van der Waals surface area contributed by atoms with E-state index in [4.69, 9.17) is 5.26 Å². The van der Waals surface area contributed by atoms with Crippen molar-refractivity contribution in [3.8, 4) is 6.07 Å². The van der Waals surface area contributed by atoms with Crippen LogP contribution in [0, 0.1) is 17.2 Å².